The Morgan fingerprint density at radius 1 is 1.32 bits per heavy atom. The Morgan fingerprint density at radius 3 is 2.68 bits per heavy atom. The Hall–Kier alpha value is -1.55. The monoisotopic (exact) mass is 262 g/mol. The highest BCUT2D eigenvalue weighted by atomic mass is 16.5. The van der Waals surface area contributed by atoms with Crippen LogP contribution in [0.4, 0.5) is 5.69 Å². The molecule has 19 heavy (non-hydrogen) atoms. The molecule has 1 aliphatic rings. The smallest absolute Gasteiger partial charge is 0.159 e. The van der Waals surface area contributed by atoms with Gasteiger partial charge in [0.1, 0.15) is 12.4 Å². The Kier molecular flexibility index (Phi) is 4.80. The summed E-state index contributed by atoms with van der Waals surface area (Å²) in [6, 6.07) is 5.22. The number of ketones is 1. The molecule has 0 saturated carbocycles. The zero-order valence-corrected chi connectivity index (χ0v) is 11.5. The Labute approximate surface area is 114 Å². The highest BCUT2D eigenvalue weighted by Gasteiger charge is 2.10. The van der Waals surface area contributed by atoms with Crippen LogP contribution in [0.15, 0.2) is 18.2 Å². The second kappa shape index (κ2) is 6.57. The fourth-order valence-corrected chi connectivity index (χ4v) is 2.37. The lowest BCUT2D eigenvalue weighted by Gasteiger charge is -2.26. The molecule has 4 heteroatoms. The first-order chi connectivity index (χ1) is 9.16. The molecule has 0 aliphatic carbocycles. The number of hydrogen-bond donors (Lipinski definition) is 1. The van der Waals surface area contributed by atoms with E-state index in [-0.39, 0.29) is 5.78 Å². The number of rotatable bonds is 5. The highest BCUT2D eigenvalue weighted by molar-refractivity contribution is 5.95. The zero-order chi connectivity index (χ0) is 13.7. The van der Waals surface area contributed by atoms with E-state index in [1.807, 2.05) is 0 Å². The van der Waals surface area contributed by atoms with E-state index < -0.39 is 0 Å². The molecule has 104 valence electrons. The second-order valence-electron chi connectivity index (χ2n) is 5.06. The first-order valence-electron chi connectivity index (χ1n) is 6.92. The van der Waals surface area contributed by atoms with Crippen molar-refractivity contribution in [2.45, 2.75) is 26.2 Å². The maximum Gasteiger partial charge on any atom is 0.159 e. The van der Waals surface area contributed by atoms with Crippen LogP contribution in [0.5, 0.6) is 5.75 Å². The molecule has 2 rings (SSSR count). The van der Waals surface area contributed by atoms with Gasteiger partial charge >= 0.3 is 0 Å². The number of likely N-dealkylation sites (tertiary alicyclic amines) is 1. The van der Waals surface area contributed by atoms with Gasteiger partial charge in [-0.2, -0.15) is 0 Å². The van der Waals surface area contributed by atoms with Gasteiger partial charge in [0, 0.05) is 12.1 Å². The molecule has 0 aromatic heterocycles. The van der Waals surface area contributed by atoms with Crippen LogP contribution >= 0.6 is 0 Å². The lowest BCUT2D eigenvalue weighted by molar-refractivity contribution is 0.101. The summed E-state index contributed by atoms with van der Waals surface area (Å²) < 4.78 is 5.70. The van der Waals surface area contributed by atoms with E-state index in [1.54, 1.807) is 18.2 Å². The van der Waals surface area contributed by atoms with Crippen molar-refractivity contribution in [1.82, 2.24) is 4.90 Å². The molecule has 0 amide bonds. The minimum atomic E-state index is 0.0200. The Morgan fingerprint density at radius 2 is 2.05 bits per heavy atom. The number of hydrogen-bond acceptors (Lipinski definition) is 4. The SMILES string of the molecule is CC(=O)c1ccc(OCCN2CCCCC2)c(N)c1. The molecule has 1 aromatic carbocycles. The lowest BCUT2D eigenvalue weighted by Crippen LogP contribution is -2.33. The van der Waals surface area contributed by atoms with Crippen LogP contribution in [0, 0.1) is 0 Å². The standard InChI is InChI=1S/C15H22N2O2/c1-12(18)13-5-6-15(14(16)11-13)19-10-9-17-7-3-2-4-8-17/h5-6,11H,2-4,7-10,16H2,1H3. The molecule has 0 bridgehead atoms. The molecule has 0 atom stereocenters. The van der Waals surface area contributed by atoms with Crippen LogP contribution in [0.1, 0.15) is 36.5 Å². The van der Waals surface area contributed by atoms with Gasteiger partial charge in [0.15, 0.2) is 5.78 Å². The molecule has 0 radical (unpaired) electrons. The number of carbonyl (C=O) groups excluding carboxylic acids is 1. The van der Waals surface area contributed by atoms with Crippen molar-refractivity contribution in [1.29, 1.82) is 0 Å². The Balaban J connectivity index is 1.83. The second-order valence-corrected chi connectivity index (χ2v) is 5.06. The van der Waals surface area contributed by atoms with Crippen molar-refractivity contribution in [2.24, 2.45) is 0 Å². The molecule has 1 saturated heterocycles. The molecule has 0 unspecified atom stereocenters. The van der Waals surface area contributed by atoms with Gasteiger partial charge in [0.25, 0.3) is 0 Å². The summed E-state index contributed by atoms with van der Waals surface area (Å²) in [5.41, 5.74) is 7.05. The van der Waals surface area contributed by atoms with Crippen LogP contribution < -0.4 is 10.5 Å². The predicted molar refractivity (Wildman–Crippen MR) is 76.6 cm³/mol. The molecular formula is C15H22N2O2. The van der Waals surface area contributed by atoms with Crippen molar-refractivity contribution in [3.8, 4) is 5.75 Å². The van der Waals surface area contributed by atoms with Gasteiger partial charge in [0.05, 0.1) is 5.69 Å². The van der Waals surface area contributed by atoms with Crippen LogP contribution in [-0.2, 0) is 0 Å². The van der Waals surface area contributed by atoms with Crippen LogP contribution in [0.2, 0.25) is 0 Å². The van der Waals surface area contributed by atoms with Gasteiger partial charge in [0.2, 0.25) is 0 Å². The summed E-state index contributed by atoms with van der Waals surface area (Å²) >= 11 is 0. The zero-order valence-electron chi connectivity index (χ0n) is 11.5. The summed E-state index contributed by atoms with van der Waals surface area (Å²) in [4.78, 5) is 13.6. The average molecular weight is 262 g/mol. The van der Waals surface area contributed by atoms with E-state index in [0.717, 1.165) is 6.54 Å². The van der Waals surface area contributed by atoms with Crippen molar-refractivity contribution >= 4 is 11.5 Å². The first kappa shape index (κ1) is 13.9. The van der Waals surface area contributed by atoms with E-state index in [4.69, 9.17) is 10.5 Å². The number of carbonyl (C=O) groups is 1. The fourth-order valence-electron chi connectivity index (χ4n) is 2.37. The predicted octanol–water partition coefficient (Wildman–Crippen LogP) is 2.34. The highest BCUT2D eigenvalue weighted by Crippen LogP contribution is 2.22. The average Bonchev–Trinajstić information content (AvgIpc) is 2.41. The van der Waals surface area contributed by atoms with Gasteiger partial charge in [-0.05, 0) is 51.1 Å². The van der Waals surface area contributed by atoms with E-state index in [1.165, 1.54) is 39.3 Å². The minimum absolute atomic E-state index is 0.0200. The van der Waals surface area contributed by atoms with Crippen LogP contribution in [-0.4, -0.2) is 36.9 Å². The van der Waals surface area contributed by atoms with Gasteiger partial charge in [-0.3, -0.25) is 9.69 Å². The molecule has 2 N–H and O–H groups in total. The number of anilines is 1. The first-order valence-corrected chi connectivity index (χ1v) is 6.92. The van der Waals surface area contributed by atoms with Crippen molar-refractivity contribution in [3.63, 3.8) is 0 Å². The number of piperidine rings is 1. The van der Waals surface area contributed by atoms with Crippen LogP contribution in [0.3, 0.4) is 0 Å². The summed E-state index contributed by atoms with van der Waals surface area (Å²) in [5.74, 6) is 0.688. The van der Waals surface area contributed by atoms with E-state index in [9.17, 15) is 4.79 Å². The third-order valence-corrected chi connectivity index (χ3v) is 3.53. The molecule has 1 aliphatic heterocycles. The van der Waals surface area contributed by atoms with Gasteiger partial charge < -0.3 is 10.5 Å². The topological polar surface area (TPSA) is 55.6 Å². The third kappa shape index (κ3) is 3.96. The van der Waals surface area contributed by atoms with Crippen LogP contribution in [0.25, 0.3) is 0 Å². The fraction of sp³-hybridized carbons (Fsp3) is 0.533. The molecule has 1 aromatic rings. The largest absolute Gasteiger partial charge is 0.490 e. The minimum Gasteiger partial charge on any atom is -0.490 e. The van der Waals surface area contributed by atoms with E-state index in [2.05, 4.69) is 4.90 Å². The molecular weight excluding hydrogens is 240 g/mol. The number of Topliss-reactive ketones (excluding diaryl/α,β-unsaturated/α-hetero) is 1. The quantitative estimate of drug-likeness (QED) is 0.653. The Bertz CT molecular complexity index is 440. The number of nitrogens with zero attached hydrogens (tertiary/aromatic N) is 1. The number of ether oxygens (including phenoxy) is 1. The van der Waals surface area contributed by atoms with E-state index in [0.29, 0.717) is 23.6 Å². The lowest BCUT2D eigenvalue weighted by atomic mass is 10.1. The summed E-state index contributed by atoms with van der Waals surface area (Å²) in [6.07, 6.45) is 3.92. The molecule has 1 fully saturated rings. The van der Waals surface area contributed by atoms with Gasteiger partial charge in [-0.25, -0.2) is 0 Å². The molecule has 1 heterocycles. The van der Waals surface area contributed by atoms with Crippen molar-refractivity contribution in [3.05, 3.63) is 23.8 Å². The summed E-state index contributed by atoms with van der Waals surface area (Å²) in [7, 11) is 0. The normalized spacial score (nSPS) is 16.3. The van der Waals surface area contributed by atoms with Gasteiger partial charge in [-0.15, -0.1) is 0 Å². The van der Waals surface area contributed by atoms with Crippen molar-refractivity contribution < 1.29 is 9.53 Å². The third-order valence-electron chi connectivity index (χ3n) is 3.53. The molecule has 4 nitrogen and oxygen atoms in total. The number of nitrogens with two attached hydrogens (primary N) is 1. The summed E-state index contributed by atoms with van der Waals surface area (Å²) in [5, 5.41) is 0. The van der Waals surface area contributed by atoms with Crippen molar-refractivity contribution in [2.75, 3.05) is 32.0 Å². The maximum atomic E-state index is 11.2. The maximum absolute atomic E-state index is 11.2. The van der Waals surface area contributed by atoms with Gasteiger partial charge in [-0.1, -0.05) is 6.42 Å². The number of benzene rings is 1. The number of nitrogen functional groups attached to an aromatic ring is 1. The van der Waals surface area contributed by atoms with E-state index >= 15 is 0 Å². The molecule has 0 spiro atoms. The summed E-state index contributed by atoms with van der Waals surface area (Å²) in [6.45, 7) is 5.45.